The SMILES string of the molecule is c1ccc2c(c1)NC1CCCCC1C1(CCCCC1)N2. The molecular weight excluding hydrogens is 244 g/mol. The summed E-state index contributed by atoms with van der Waals surface area (Å²) < 4.78 is 0. The molecule has 0 radical (unpaired) electrons. The van der Waals surface area contributed by atoms with Crippen LogP contribution in [0.3, 0.4) is 0 Å². The van der Waals surface area contributed by atoms with Crippen LogP contribution in [0, 0.1) is 5.92 Å². The van der Waals surface area contributed by atoms with Crippen LogP contribution in [0.5, 0.6) is 0 Å². The summed E-state index contributed by atoms with van der Waals surface area (Å²) in [7, 11) is 0. The fourth-order valence-electron chi connectivity index (χ4n) is 4.92. The van der Waals surface area contributed by atoms with Crippen molar-refractivity contribution in [1.82, 2.24) is 0 Å². The Hall–Kier alpha value is -1.18. The second-order valence-corrected chi connectivity index (χ2v) is 7.03. The zero-order valence-electron chi connectivity index (χ0n) is 12.3. The largest absolute Gasteiger partial charge is 0.380 e. The van der Waals surface area contributed by atoms with Gasteiger partial charge in [0.1, 0.15) is 0 Å². The number of hydrogen-bond donors (Lipinski definition) is 2. The molecule has 1 aliphatic heterocycles. The first-order chi connectivity index (χ1) is 9.87. The Kier molecular flexibility index (Phi) is 3.13. The molecule has 2 nitrogen and oxygen atoms in total. The van der Waals surface area contributed by atoms with Gasteiger partial charge in [-0.15, -0.1) is 0 Å². The van der Waals surface area contributed by atoms with Gasteiger partial charge in [0.15, 0.2) is 0 Å². The van der Waals surface area contributed by atoms with E-state index in [1.165, 1.54) is 69.2 Å². The van der Waals surface area contributed by atoms with E-state index in [2.05, 4.69) is 34.9 Å². The van der Waals surface area contributed by atoms with Gasteiger partial charge in [-0.1, -0.05) is 44.2 Å². The fraction of sp³-hybridized carbons (Fsp3) is 0.667. The smallest absolute Gasteiger partial charge is 0.0580 e. The molecule has 108 valence electrons. The maximum Gasteiger partial charge on any atom is 0.0580 e. The van der Waals surface area contributed by atoms with Crippen molar-refractivity contribution >= 4 is 11.4 Å². The monoisotopic (exact) mass is 270 g/mol. The van der Waals surface area contributed by atoms with E-state index in [1.54, 1.807) is 0 Å². The molecule has 20 heavy (non-hydrogen) atoms. The van der Waals surface area contributed by atoms with E-state index in [9.17, 15) is 0 Å². The van der Waals surface area contributed by atoms with Gasteiger partial charge in [0, 0.05) is 17.5 Å². The molecular formula is C18H26N2. The van der Waals surface area contributed by atoms with Gasteiger partial charge in [-0.3, -0.25) is 0 Å². The Balaban J connectivity index is 1.76. The lowest BCUT2D eigenvalue weighted by Crippen LogP contribution is -2.52. The number of hydrogen-bond acceptors (Lipinski definition) is 2. The van der Waals surface area contributed by atoms with Crippen molar-refractivity contribution in [2.45, 2.75) is 69.4 Å². The van der Waals surface area contributed by atoms with Gasteiger partial charge in [0.2, 0.25) is 0 Å². The predicted molar refractivity (Wildman–Crippen MR) is 85.2 cm³/mol. The summed E-state index contributed by atoms with van der Waals surface area (Å²) in [5.41, 5.74) is 3.03. The van der Waals surface area contributed by atoms with E-state index in [0.717, 1.165) is 5.92 Å². The first kappa shape index (κ1) is 12.6. The molecule has 3 aliphatic rings. The van der Waals surface area contributed by atoms with Gasteiger partial charge in [-0.2, -0.15) is 0 Å². The van der Waals surface area contributed by atoms with Crippen molar-refractivity contribution in [1.29, 1.82) is 0 Å². The third-order valence-electron chi connectivity index (χ3n) is 5.87. The number of nitrogens with one attached hydrogen (secondary N) is 2. The molecule has 0 bridgehead atoms. The van der Waals surface area contributed by atoms with Crippen molar-refractivity contribution in [3.63, 3.8) is 0 Å². The minimum atomic E-state index is 0.364. The van der Waals surface area contributed by atoms with Crippen LogP contribution in [0.4, 0.5) is 11.4 Å². The molecule has 2 fully saturated rings. The number of fused-ring (bicyclic) bond motifs is 3. The predicted octanol–water partition coefficient (Wildman–Crippen LogP) is 4.79. The third-order valence-corrected chi connectivity index (χ3v) is 5.87. The Morgan fingerprint density at radius 1 is 0.850 bits per heavy atom. The zero-order valence-corrected chi connectivity index (χ0v) is 12.3. The molecule has 2 saturated carbocycles. The van der Waals surface area contributed by atoms with E-state index in [1.807, 2.05) is 0 Å². The molecule has 1 aromatic rings. The third kappa shape index (κ3) is 2.01. The topological polar surface area (TPSA) is 24.1 Å². The average Bonchev–Trinajstić information content (AvgIpc) is 2.63. The second kappa shape index (κ2) is 4.98. The molecule has 2 N–H and O–H groups in total. The summed E-state index contributed by atoms with van der Waals surface area (Å²) in [5.74, 6) is 0.809. The van der Waals surface area contributed by atoms with Gasteiger partial charge >= 0.3 is 0 Å². The summed E-state index contributed by atoms with van der Waals surface area (Å²) in [6.45, 7) is 0. The summed E-state index contributed by atoms with van der Waals surface area (Å²) in [6, 6.07) is 9.51. The van der Waals surface area contributed by atoms with Crippen molar-refractivity contribution in [2.24, 2.45) is 5.92 Å². The normalized spacial score (nSPS) is 31.4. The Labute approximate surface area is 122 Å². The zero-order chi connectivity index (χ0) is 13.4. The highest BCUT2D eigenvalue weighted by molar-refractivity contribution is 5.71. The molecule has 0 amide bonds. The quantitative estimate of drug-likeness (QED) is 0.708. The van der Waals surface area contributed by atoms with E-state index < -0.39 is 0 Å². The van der Waals surface area contributed by atoms with Crippen molar-refractivity contribution in [2.75, 3.05) is 10.6 Å². The standard InChI is InChI=1S/C18H26N2/c1-6-12-18(13-7-1)14-8-2-3-9-15(14)19-16-10-4-5-11-17(16)20-18/h4-5,10-11,14-15,19-20H,1-3,6-9,12-13H2. The van der Waals surface area contributed by atoms with E-state index in [0.29, 0.717) is 11.6 Å². The average molecular weight is 270 g/mol. The van der Waals surface area contributed by atoms with E-state index >= 15 is 0 Å². The van der Waals surface area contributed by atoms with Crippen LogP contribution in [0.15, 0.2) is 24.3 Å². The molecule has 2 heteroatoms. The highest BCUT2D eigenvalue weighted by Crippen LogP contribution is 2.47. The maximum absolute atomic E-state index is 4.01. The van der Waals surface area contributed by atoms with Gasteiger partial charge in [0.05, 0.1) is 11.4 Å². The van der Waals surface area contributed by atoms with Crippen molar-refractivity contribution in [3.8, 4) is 0 Å². The number of anilines is 2. The molecule has 2 aliphatic carbocycles. The first-order valence-corrected chi connectivity index (χ1v) is 8.51. The number of rotatable bonds is 0. The molecule has 0 saturated heterocycles. The van der Waals surface area contributed by atoms with Gasteiger partial charge in [-0.25, -0.2) is 0 Å². The minimum Gasteiger partial charge on any atom is -0.380 e. The maximum atomic E-state index is 4.01. The Morgan fingerprint density at radius 2 is 1.60 bits per heavy atom. The van der Waals surface area contributed by atoms with Crippen LogP contribution in [0.1, 0.15) is 57.8 Å². The molecule has 1 heterocycles. The van der Waals surface area contributed by atoms with Gasteiger partial charge < -0.3 is 10.6 Å². The molecule has 2 atom stereocenters. The molecule has 0 aromatic heterocycles. The summed E-state index contributed by atoms with van der Waals surface area (Å²) in [5, 5.41) is 7.88. The second-order valence-electron chi connectivity index (χ2n) is 7.03. The lowest BCUT2D eigenvalue weighted by Gasteiger charge is -2.48. The highest BCUT2D eigenvalue weighted by atomic mass is 15.1. The molecule has 2 unspecified atom stereocenters. The van der Waals surface area contributed by atoms with E-state index in [-0.39, 0.29) is 0 Å². The number of para-hydroxylation sites is 2. The van der Waals surface area contributed by atoms with Crippen LogP contribution in [0.2, 0.25) is 0 Å². The number of benzene rings is 1. The molecule has 1 aromatic carbocycles. The van der Waals surface area contributed by atoms with Crippen LogP contribution in [-0.2, 0) is 0 Å². The van der Waals surface area contributed by atoms with Crippen molar-refractivity contribution < 1.29 is 0 Å². The fourth-order valence-corrected chi connectivity index (χ4v) is 4.92. The van der Waals surface area contributed by atoms with Gasteiger partial charge in [0.25, 0.3) is 0 Å². The Morgan fingerprint density at radius 3 is 2.45 bits per heavy atom. The summed E-state index contributed by atoms with van der Waals surface area (Å²) in [4.78, 5) is 0. The highest BCUT2D eigenvalue weighted by Gasteiger charge is 2.46. The molecule has 4 rings (SSSR count). The summed E-state index contributed by atoms with van der Waals surface area (Å²) >= 11 is 0. The first-order valence-electron chi connectivity index (χ1n) is 8.51. The Bertz CT molecular complexity index is 476. The lowest BCUT2D eigenvalue weighted by atomic mass is 9.65. The molecule has 1 spiro atoms. The van der Waals surface area contributed by atoms with E-state index in [4.69, 9.17) is 0 Å². The van der Waals surface area contributed by atoms with Crippen LogP contribution < -0.4 is 10.6 Å². The summed E-state index contributed by atoms with van der Waals surface area (Å²) in [6.07, 6.45) is 12.5. The van der Waals surface area contributed by atoms with Gasteiger partial charge in [-0.05, 0) is 37.8 Å². The van der Waals surface area contributed by atoms with Crippen LogP contribution >= 0.6 is 0 Å². The van der Waals surface area contributed by atoms with Crippen molar-refractivity contribution in [3.05, 3.63) is 24.3 Å². The lowest BCUT2D eigenvalue weighted by molar-refractivity contribution is 0.163. The van der Waals surface area contributed by atoms with Crippen LogP contribution in [0.25, 0.3) is 0 Å². The van der Waals surface area contributed by atoms with Crippen LogP contribution in [-0.4, -0.2) is 11.6 Å². The minimum absolute atomic E-state index is 0.364.